The highest BCUT2D eigenvalue weighted by Crippen LogP contribution is 2.25. The molecule has 20 heavy (non-hydrogen) atoms. The van der Waals surface area contributed by atoms with Crippen molar-refractivity contribution < 1.29 is 9.90 Å². The fraction of sp³-hybridized carbons (Fsp3) is 0.0667. The molecule has 3 rings (SSSR count). The summed E-state index contributed by atoms with van der Waals surface area (Å²) in [4.78, 5) is 15.6. The van der Waals surface area contributed by atoms with Crippen molar-refractivity contribution in [1.82, 2.24) is 9.55 Å². The standard InChI is InChI=1S/C15H11IN2O2/c1-18-13-7-4-10(15(19)20)8-12(13)17-14(18)9-2-5-11(16)6-3-9/h2-8H,1H3,(H,19,20). The van der Waals surface area contributed by atoms with Crippen LogP contribution in [0.2, 0.25) is 0 Å². The van der Waals surface area contributed by atoms with E-state index in [2.05, 4.69) is 27.6 Å². The van der Waals surface area contributed by atoms with Crippen molar-refractivity contribution >= 4 is 39.6 Å². The van der Waals surface area contributed by atoms with Gasteiger partial charge in [-0.25, -0.2) is 9.78 Å². The minimum atomic E-state index is -0.937. The van der Waals surface area contributed by atoms with Gasteiger partial charge < -0.3 is 9.67 Å². The van der Waals surface area contributed by atoms with Gasteiger partial charge in [0.15, 0.2) is 0 Å². The fourth-order valence-electron chi connectivity index (χ4n) is 2.19. The van der Waals surface area contributed by atoms with E-state index in [1.54, 1.807) is 18.2 Å². The van der Waals surface area contributed by atoms with Gasteiger partial charge in [-0.15, -0.1) is 0 Å². The Morgan fingerprint density at radius 3 is 2.55 bits per heavy atom. The first-order valence-corrected chi connectivity index (χ1v) is 7.10. The van der Waals surface area contributed by atoms with Crippen molar-refractivity contribution in [3.8, 4) is 11.4 Å². The van der Waals surface area contributed by atoms with Gasteiger partial charge in [0.1, 0.15) is 5.82 Å². The van der Waals surface area contributed by atoms with Crippen LogP contribution in [0.5, 0.6) is 0 Å². The molecule has 0 atom stereocenters. The smallest absolute Gasteiger partial charge is 0.335 e. The largest absolute Gasteiger partial charge is 0.478 e. The van der Waals surface area contributed by atoms with E-state index in [4.69, 9.17) is 5.11 Å². The number of carboxylic acids is 1. The van der Waals surface area contributed by atoms with E-state index < -0.39 is 5.97 Å². The molecule has 0 saturated carbocycles. The molecule has 0 radical (unpaired) electrons. The lowest BCUT2D eigenvalue weighted by Crippen LogP contribution is -1.95. The number of aryl methyl sites for hydroxylation is 1. The van der Waals surface area contributed by atoms with E-state index >= 15 is 0 Å². The van der Waals surface area contributed by atoms with Crippen LogP contribution in [0.4, 0.5) is 0 Å². The Kier molecular flexibility index (Phi) is 3.21. The van der Waals surface area contributed by atoms with Crippen molar-refractivity contribution in [3.63, 3.8) is 0 Å². The van der Waals surface area contributed by atoms with Gasteiger partial charge in [0.2, 0.25) is 0 Å². The Labute approximate surface area is 129 Å². The summed E-state index contributed by atoms with van der Waals surface area (Å²) in [7, 11) is 1.93. The van der Waals surface area contributed by atoms with E-state index in [1.807, 2.05) is 35.9 Å². The number of nitrogens with zero attached hydrogens (tertiary/aromatic N) is 2. The molecule has 1 N–H and O–H groups in total. The summed E-state index contributed by atoms with van der Waals surface area (Å²) in [5.74, 6) is -0.104. The lowest BCUT2D eigenvalue weighted by atomic mass is 10.2. The summed E-state index contributed by atoms with van der Waals surface area (Å²) >= 11 is 2.26. The lowest BCUT2D eigenvalue weighted by molar-refractivity contribution is 0.0697. The number of rotatable bonds is 2. The third-order valence-electron chi connectivity index (χ3n) is 3.23. The first kappa shape index (κ1) is 13.1. The second kappa shape index (κ2) is 4.90. The number of carbonyl (C=O) groups is 1. The van der Waals surface area contributed by atoms with E-state index in [9.17, 15) is 4.79 Å². The molecule has 4 nitrogen and oxygen atoms in total. The van der Waals surface area contributed by atoms with Gasteiger partial charge in [0.05, 0.1) is 16.6 Å². The maximum Gasteiger partial charge on any atom is 0.335 e. The molecule has 0 unspecified atom stereocenters. The Hall–Kier alpha value is -1.89. The number of fused-ring (bicyclic) bond motifs is 1. The quantitative estimate of drug-likeness (QED) is 0.694. The average Bonchev–Trinajstić information content (AvgIpc) is 2.76. The van der Waals surface area contributed by atoms with Crippen LogP contribution in [0.3, 0.4) is 0 Å². The molecule has 0 bridgehead atoms. The molecule has 0 aliphatic heterocycles. The number of imidazole rings is 1. The maximum absolute atomic E-state index is 11.0. The molecule has 0 spiro atoms. The van der Waals surface area contributed by atoms with Crippen LogP contribution >= 0.6 is 22.6 Å². The Bertz CT molecular complexity index is 807. The Morgan fingerprint density at radius 2 is 1.90 bits per heavy atom. The summed E-state index contributed by atoms with van der Waals surface area (Å²) in [6.07, 6.45) is 0. The van der Waals surface area contributed by atoms with Crippen molar-refractivity contribution in [3.05, 3.63) is 51.6 Å². The highest BCUT2D eigenvalue weighted by atomic mass is 127. The first-order chi connectivity index (χ1) is 9.56. The van der Waals surface area contributed by atoms with Crippen LogP contribution in [0.1, 0.15) is 10.4 Å². The molecule has 0 aliphatic rings. The third-order valence-corrected chi connectivity index (χ3v) is 3.95. The zero-order valence-electron chi connectivity index (χ0n) is 10.7. The number of aromatic nitrogens is 2. The zero-order valence-corrected chi connectivity index (χ0v) is 12.8. The summed E-state index contributed by atoms with van der Waals surface area (Å²) < 4.78 is 3.14. The van der Waals surface area contributed by atoms with Gasteiger partial charge in [-0.1, -0.05) is 12.1 Å². The number of aromatic carboxylic acids is 1. The van der Waals surface area contributed by atoms with Gasteiger partial charge >= 0.3 is 5.97 Å². The van der Waals surface area contributed by atoms with Crippen molar-refractivity contribution in [2.45, 2.75) is 0 Å². The first-order valence-electron chi connectivity index (χ1n) is 6.02. The molecule has 0 saturated heterocycles. The fourth-order valence-corrected chi connectivity index (χ4v) is 2.55. The predicted octanol–water partition coefficient (Wildman–Crippen LogP) is 3.54. The molecule has 2 aromatic carbocycles. The molecular formula is C15H11IN2O2. The Balaban J connectivity index is 2.19. The third kappa shape index (κ3) is 2.18. The number of halogens is 1. The van der Waals surface area contributed by atoms with Crippen molar-refractivity contribution in [1.29, 1.82) is 0 Å². The van der Waals surface area contributed by atoms with E-state index in [0.29, 0.717) is 5.52 Å². The number of hydrogen-bond acceptors (Lipinski definition) is 2. The average molecular weight is 378 g/mol. The number of carboxylic acid groups (broad SMARTS) is 1. The van der Waals surface area contributed by atoms with Crippen LogP contribution in [-0.4, -0.2) is 20.6 Å². The molecular weight excluding hydrogens is 367 g/mol. The second-order valence-corrected chi connectivity index (χ2v) is 5.76. The van der Waals surface area contributed by atoms with Crippen LogP contribution in [-0.2, 0) is 7.05 Å². The molecule has 0 fully saturated rings. The second-order valence-electron chi connectivity index (χ2n) is 4.51. The van der Waals surface area contributed by atoms with Gasteiger partial charge in [-0.2, -0.15) is 0 Å². The van der Waals surface area contributed by atoms with Crippen LogP contribution in [0, 0.1) is 3.57 Å². The molecule has 3 aromatic rings. The van der Waals surface area contributed by atoms with Crippen LogP contribution < -0.4 is 0 Å². The zero-order chi connectivity index (χ0) is 14.3. The minimum Gasteiger partial charge on any atom is -0.478 e. The lowest BCUT2D eigenvalue weighted by Gasteiger charge is -2.02. The molecule has 1 aromatic heterocycles. The number of benzene rings is 2. The Morgan fingerprint density at radius 1 is 1.20 bits per heavy atom. The van der Waals surface area contributed by atoms with Gasteiger partial charge in [-0.05, 0) is 52.9 Å². The molecule has 1 heterocycles. The summed E-state index contributed by atoms with van der Waals surface area (Å²) in [6, 6.07) is 13.1. The van der Waals surface area contributed by atoms with E-state index in [0.717, 1.165) is 16.9 Å². The molecule has 0 aliphatic carbocycles. The van der Waals surface area contributed by atoms with Gasteiger partial charge in [0.25, 0.3) is 0 Å². The maximum atomic E-state index is 11.0. The van der Waals surface area contributed by atoms with Crippen molar-refractivity contribution in [2.24, 2.45) is 7.05 Å². The van der Waals surface area contributed by atoms with Crippen LogP contribution in [0.15, 0.2) is 42.5 Å². The van der Waals surface area contributed by atoms with E-state index in [1.165, 1.54) is 3.57 Å². The van der Waals surface area contributed by atoms with E-state index in [-0.39, 0.29) is 5.56 Å². The van der Waals surface area contributed by atoms with Crippen LogP contribution in [0.25, 0.3) is 22.4 Å². The van der Waals surface area contributed by atoms with Crippen molar-refractivity contribution in [2.75, 3.05) is 0 Å². The molecule has 5 heteroatoms. The monoisotopic (exact) mass is 378 g/mol. The molecule has 0 amide bonds. The highest BCUT2D eigenvalue weighted by molar-refractivity contribution is 14.1. The molecule has 100 valence electrons. The topological polar surface area (TPSA) is 55.1 Å². The predicted molar refractivity (Wildman–Crippen MR) is 85.8 cm³/mol. The summed E-state index contributed by atoms with van der Waals surface area (Å²) in [5.41, 5.74) is 2.88. The normalized spacial score (nSPS) is 10.9. The minimum absolute atomic E-state index is 0.254. The SMILES string of the molecule is Cn1c(-c2ccc(I)cc2)nc2cc(C(=O)O)ccc21. The summed E-state index contributed by atoms with van der Waals surface area (Å²) in [5, 5.41) is 9.03. The van der Waals surface area contributed by atoms with Gasteiger partial charge in [0, 0.05) is 16.2 Å². The number of hydrogen-bond donors (Lipinski definition) is 1. The summed E-state index contributed by atoms with van der Waals surface area (Å²) in [6.45, 7) is 0. The highest BCUT2D eigenvalue weighted by Gasteiger charge is 2.12. The van der Waals surface area contributed by atoms with Gasteiger partial charge in [-0.3, -0.25) is 0 Å².